The number of H-pyrrole nitrogens is 1. The van der Waals surface area contributed by atoms with Crippen molar-refractivity contribution in [2.24, 2.45) is 5.92 Å². The highest BCUT2D eigenvalue weighted by Gasteiger charge is 2.42. The normalized spacial score (nSPS) is 21.7. The third kappa shape index (κ3) is 5.91. The van der Waals surface area contributed by atoms with E-state index in [1.54, 1.807) is 18.1 Å². The molecule has 0 bridgehead atoms. The van der Waals surface area contributed by atoms with Gasteiger partial charge in [-0.2, -0.15) is 5.26 Å². The summed E-state index contributed by atoms with van der Waals surface area (Å²) in [4.78, 5) is 45.1. The number of hydrogen-bond donors (Lipinski definition) is 4. The molecular formula is C31H36N6O4. The Morgan fingerprint density at radius 3 is 2.68 bits per heavy atom. The van der Waals surface area contributed by atoms with E-state index in [0.717, 1.165) is 16.5 Å². The van der Waals surface area contributed by atoms with E-state index in [2.05, 4.69) is 27.0 Å². The molecule has 0 radical (unpaired) electrons. The van der Waals surface area contributed by atoms with Crippen LogP contribution in [0.3, 0.4) is 0 Å². The summed E-state index contributed by atoms with van der Waals surface area (Å²) in [5, 5.41) is 19.7. The van der Waals surface area contributed by atoms with Crippen LogP contribution < -0.4 is 20.7 Å². The molecule has 3 amide bonds. The number of nitriles is 1. The number of carbonyl (C=O) groups is 3. The second-order valence-electron chi connectivity index (χ2n) is 10.7. The van der Waals surface area contributed by atoms with Crippen molar-refractivity contribution < 1.29 is 19.1 Å². The van der Waals surface area contributed by atoms with Gasteiger partial charge in [-0.25, -0.2) is 0 Å². The fraction of sp³-hybridized carbons (Fsp3) is 0.419. The van der Waals surface area contributed by atoms with Gasteiger partial charge in [0.15, 0.2) is 0 Å². The zero-order chi connectivity index (χ0) is 28.9. The van der Waals surface area contributed by atoms with Gasteiger partial charge in [0.2, 0.25) is 11.8 Å². The Morgan fingerprint density at radius 2 is 2.00 bits per heavy atom. The smallest absolute Gasteiger partial charge is 0.271 e. The van der Waals surface area contributed by atoms with Crippen molar-refractivity contribution >= 4 is 28.6 Å². The van der Waals surface area contributed by atoms with Crippen molar-refractivity contribution in [1.29, 1.82) is 5.26 Å². The molecule has 5 atom stereocenters. The van der Waals surface area contributed by atoms with E-state index in [4.69, 9.17) is 4.74 Å². The lowest BCUT2D eigenvalue weighted by Crippen LogP contribution is -2.55. The van der Waals surface area contributed by atoms with Gasteiger partial charge < -0.3 is 30.6 Å². The van der Waals surface area contributed by atoms with Crippen LogP contribution in [0.2, 0.25) is 0 Å². The lowest BCUT2D eigenvalue weighted by molar-refractivity contribution is -0.127. The summed E-state index contributed by atoms with van der Waals surface area (Å²) in [6, 6.07) is 17.4. The highest BCUT2D eigenvalue weighted by Crippen LogP contribution is 2.34. The Bertz CT molecular complexity index is 1450. The summed E-state index contributed by atoms with van der Waals surface area (Å²) in [7, 11) is 1.59. The summed E-state index contributed by atoms with van der Waals surface area (Å²) < 4.78 is 5.47. The Labute approximate surface area is 239 Å². The number of likely N-dealkylation sites (tertiary alicyclic amines) is 1. The fourth-order valence-electron chi connectivity index (χ4n) is 6.08. The highest BCUT2D eigenvalue weighted by atomic mass is 16.5. The lowest BCUT2D eigenvalue weighted by Gasteiger charge is -2.29. The molecule has 0 spiro atoms. The molecule has 214 valence electrons. The minimum atomic E-state index is -0.748. The minimum absolute atomic E-state index is 0.0330. The maximum Gasteiger partial charge on any atom is 0.271 e. The van der Waals surface area contributed by atoms with Crippen LogP contribution in [0.1, 0.15) is 48.2 Å². The third-order valence-corrected chi connectivity index (χ3v) is 8.20. The number of methoxy groups -OCH3 is 1. The molecular weight excluding hydrogens is 520 g/mol. The molecule has 5 unspecified atom stereocenters. The first-order chi connectivity index (χ1) is 19.9. The number of nitrogens with one attached hydrogen (secondary N) is 4. The number of aromatic amines is 1. The summed E-state index contributed by atoms with van der Waals surface area (Å²) in [6.45, 7) is 3.39. The second-order valence-corrected chi connectivity index (χ2v) is 10.7. The molecule has 10 heteroatoms. The molecule has 2 saturated heterocycles. The number of aromatic nitrogens is 1. The van der Waals surface area contributed by atoms with Crippen LogP contribution in [0, 0.1) is 17.2 Å². The van der Waals surface area contributed by atoms with E-state index in [1.165, 1.54) is 0 Å². The van der Waals surface area contributed by atoms with Gasteiger partial charge in [-0.3, -0.25) is 14.4 Å². The van der Waals surface area contributed by atoms with E-state index in [0.29, 0.717) is 50.3 Å². The van der Waals surface area contributed by atoms with Crippen molar-refractivity contribution in [3.63, 3.8) is 0 Å². The molecule has 0 saturated carbocycles. The number of amides is 3. The van der Waals surface area contributed by atoms with Gasteiger partial charge in [0.1, 0.15) is 23.5 Å². The standard InChI is InChI=1S/C31H36N6O4/c1-3-33-26(17-32)24(14-20-12-13-34-29(20)38)36-30(39)27-15-21(19-8-5-4-6-9-19)18-37(27)31(40)25-16-22-23(35-25)10-7-11-28(22)41-2/h4-11,16,20-21,24,26-27,33,35H,3,12-15,18H2,1-2H3,(H,34,38)(H,36,39). The van der Waals surface area contributed by atoms with Crippen LogP contribution in [-0.4, -0.2) is 72.5 Å². The number of ether oxygens (including phenoxy) is 1. The number of rotatable bonds is 10. The highest BCUT2D eigenvalue weighted by molar-refractivity contribution is 6.02. The summed E-state index contributed by atoms with van der Waals surface area (Å²) in [6.07, 6.45) is 1.44. The van der Waals surface area contributed by atoms with Gasteiger partial charge in [-0.15, -0.1) is 0 Å². The van der Waals surface area contributed by atoms with E-state index in [9.17, 15) is 19.6 Å². The van der Waals surface area contributed by atoms with Gasteiger partial charge in [0, 0.05) is 35.8 Å². The average molecular weight is 557 g/mol. The van der Waals surface area contributed by atoms with E-state index in [-0.39, 0.29) is 29.6 Å². The van der Waals surface area contributed by atoms with Gasteiger partial charge >= 0.3 is 0 Å². The predicted octanol–water partition coefficient (Wildman–Crippen LogP) is 2.69. The van der Waals surface area contributed by atoms with Gasteiger partial charge in [-0.1, -0.05) is 43.3 Å². The van der Waals surface area contributed by atoms with E-state index in [1.807, 2.05) is 55.5 Å². The third-order valence-electron chi connectivity index (χ3n) is 8.20. The minimum Gasteiger partial charge on any atom is -0.496 e. The average Bonchev–Trinajstić information content (AvgIpc) is 3.74. The molecule has 3 heterocycles. The molecule has 10 nitrogen and oxygen atoms in total. The molecule has 2 fully saturated rings. The second kappa shape index (κ2) is 12.4. The number of benzene rings is 2. The summed E-state index contributed by atoms with van der Waals surface area (Å²) >= 11 is 0. The number of likely N-dealkylation sites (N-methyl/N-ethyl adjacent to an activating group) is 1. The Hall–Kier alpha value is -4.36. The molecule has 3 aromatic rings. The molecule has 2 aromatic carbocycles. The van der Waals surface area contributed by atoms with Crippen molar-refractivity contribution in [3.05, 3.63) is 65.9 Å². The van der Waals surface area contributed by atoms with E-state index >= 15 is 0 Å². The number of nitrogens with zero attached hydrogens (tertiary/aromatic N) is 2. The largest absolute Gasteiger partial charge is 0.496 e. The zero-order valence-electron chi connectivity index (χ0n) is 23.4. The van der Waals surface area contributed by atoms with E-state index < -0.39 is 18.1 Å². The maximum atomic E-state index is 14.0. The predicted molar refractivity (Wildman–Crippen MR) is 154 cm³/mol. The lowest BCUT2D eigenvalue weighted by atomic mass is 9.93. The topological polar surface area (TPSA) is 139 Å². The maximum absolute atomic E-state index is 14.0. The Balaban J connectivity index is 1.43. The number of hydrogen-bond acceptors (Lipinski definition) is 6. The van der Waals surface area contributed by atoms with Crippen LogP contribution in [0.4, 0.5) is 0 Å². The Kier molecular flexibility index (Phi) is 8.55. The van der Waals surface area contributed by atoms with Crippen LogP contribution in [-0.2, 0) is 9.59 Å². The summed E-state index contributed by atoms with van der Waals surface area (Å²) in [5.41, 5.74) is 2.20. The molecule has 4 N–H and O–H groups in total. The zero-order valence-corrected chi connectivity index (χ0v) is 23.4. The first kappa shape index (κ1) is 28.2. The molecule has 2 aliphatic rings. The molecule has 5 rings (SSSR count). The van der Waals surface area contributed by atoms with Gasteiger partial charge in [0.25, 0.3) is 5.91 Å². The van der Waals surface area contributed by atoms with Crippen molar-refractivity contribution in [1.82, 2.24) is 25.8 Å². The molecule has 2 aliphatic heterocycles. The first-order valence-electron chi connectivity index (χ1n) is 14.2. The first-order valence-corrected chi connectivity index (χ1v) is 14.2. The number of fused-ring (bicyclic) bond motifs is 1. The van der Waals surface area contributed by atoms with Gasteiger partial charge in [-0.05, 0) is 49.6 Å². The van der Waals surface area contributed by atoms with Crippen molar-refractivity contribution in [2.75, 3.05) is 26.7 Å². The monoisotopic (exact) mass is 556 g/mol. The fourth-order valence-corrected chi connectivity index (χ4v) is 6.08. The van der Waals surface area contributed by atoms with Crippen molar-refractivity contribution in [3.8, 4) is 11.8 Å². The molecule has 41 heavy (non-hydrogen) atoms. The van der Waals surface area contributed by atoms with Crippen LogP contribution in [0.5, 0.6) is 5.75 Å². The van der Waals surface area contributed by atoms with Crippen LogP contribution in [0.25, 0.3) is 10.9 Å². The number of carbonyl (C=O) groups excluding carboxylic acids is 3. The van der Waals surface area contributed by atoms with Crippen LogP contribution >= 0.6 is 0 Å². The van der Waals surface area contributed by atoms with Gasteiger partial charge in [0.05, 0.1) is 19.2 Å². The molecule has 0 aliphatic carbocycles. The Morgan fingerprint density at radius 1 is 1.20 bits per heavy atom. The molecule has 1 aromatic heterocycles. The quantitative estimate of drug-likeness (QED) is 0.303. The SMILES string of the molecule is CCNC(C#N)C(CC1CCNC1=O)NC(=O)C1CC(c2ccccc2)CN1C(=O)c1cc2c(OC)cccc2[nH]1. The summed E-state index contributed by atoms with van der Waals surface area (Å²) in [5.74, 6) is -0.332. The van der Waals surface area contributed by atoms with Crippen LogP contribution in [0.15, 0.2) is 54.6 Å². The van der Waals surface area contributed by atoms with Crippen molar-refractivity contribution in [2.45, 2.75) is 50.2 Å².